The van der Waals surface area contributed by atoms with Crippen LogP contribution >= 0.6 is 0 Å². The summed E-state index contributed by atoms with van der Waals surface area (Å²) in [5, 5.41) is 3.48. The number of aryl methyl sites for hydroxylation is 2. The maximum absolute atomic E-state index is 6.01. The number of nitrogens with one attached hydrogen (secondary N) is 1. The molecule has 0 aliphatic carbocycles. The molecular formula is C18H24N2. The SMILES string of the molecule is Cc1ccc(C(C)(C)CNc2cc(C)ccc2N)cc1. The van der Waals surface area contributed by atoms with Crippen LogP contribution in [0.1, 0.15) is 30.5 Å². The fourth-order valence-corrected chi connectivity index (χ4v) is 2.25. The van der Waals surface area contributed by atoms with Crippen LogP contribution in [0.2, 0.25) is 0 Å². The second-order valence-electron chi connectivity index (χ2n) is 6.19. The normalized spacial score (nSPS) is 11.4. The molecule has 0 bridgehead atoms. The van der Waals surface area contributed by atoms with E-state index in [2.05, 4.69) is 63.3 Å². The molecule has 0 amide bonds. The van der Waals surface area contributed by atoms with E-state index >= 15 is 0 Å². The summed E-state index contributed by atoms with van der Waals surface area (Å²) in [4.78, 5) is 0. The van der Waals surface area contributed by atoms with E-state index in [1.54, 1.807) is 0 Å². The van der Waals surface area contributed by atoms with Crippen LogP contribution in [0.4, 0.5) is 11.4 Å². The molecule has 0 fully saturated rings. The molecule has 3 N–H and O–H groups in total. The molecule has 2 heteroatoms. The average Bonchev–Trinajstić information content (AvgIpc) is 2.40. The third-order valence-electron chi connectivity index (χ3n) is 3.76. The molecular weight excluding hydrogens is 244 g/mol. The molecule has 0 radical (unpaired) electrons. The van der Waals surface area contributed by atoms with Gasteiger partial charge in [-0.25, -0.2) is 0 Å². The lowest BCUT2D eigenvalue weighted by Gasteiger charge is -2.27. The van der Waals surface area contributed by atoms with Crippen molar-refractivity contribution in [1.82, 2.24) is 0 Å². The zero-order valence-electron chi connectivity index (χ0n) is 12.8. The summed E-state index contributed by atoms with van der Waals surface area (Å²) in [5.41, 5.74) is 11.7. The summed E-state index contributed by atoms with van der Waals surface area (Å²) >= 11 is 0. The van der Waals surface area contributed by atoms with Gasteiger partial charge in [-0.2, -0.15) is 0 Å². The first-order chi connectivity index (χ1) is 9.38. The summed E-state index contributed by atoms with van der Waals surface area (Å²) in [6.45, 7) is 9.54. The van der Waals surface area contributed by atoms with Crippen molar-refractivity contribution in [2.24, 2.45) is 0 Å². The van der Waals surface area contributed by atoms with Gasteiger partial charge in [0.05, 0.1) is 11.4 Å². The van der Waals surface area contributed by atoms with Gasteiger partial charge in [0.2, 0.25) is 0 Å². The van der Waals surface area contributed by atoms with E-state index in [1.807, 2.05) is 12.1 Å². The maximum Gasteiger partial charge on any atom is 0.0576 e. The zero-order chi connectivity index (χ0) is 14.8. The van der Waals surface area contributed by atoms with Crippen molar-refractivity contribution in [2.45, 2.75) is 33.1 Å². The minimum Gasteiger partial charge on any atom is -0.397 e. The van der Waals surface area contributed by atoms with Gasteiger partial charge in [0, 0.05) is 12.0 Å². The molecule has 0 heterocycles. The van der Waals surface area contributed by atoms with Crippen LogP contribution < -0.4 is 11.1 Å². The fourth-order valence-electron chi connectivity index (χ4n) is 2.25. The number of nitrogen functional groups attached to an aromatic ring is 1. The second kappa shape index (κ2) is 5.58. The fraction of sp³-hybridized carbons (Fsp3) is 0.333. The minimum atomic E-state index is 0.0594. The van der Waals surface area contributed by atoms with Crippen LogP contribution in [0.3, 0.4) is 0 Å². The molecule has 106 valence electrons. The van der Waals surface area contributed by atoms with Gasteiger partial charge in [-0.15, -0.1) is 0 Å². The Morgan fingerprint density at radius 1 is 0.950 bits per heavy atom. The van der Waals surface area contributed by atoms with Gasteiger partial charge >= 0.3 is 0 Å². The Labute approximate surface area is 122 Å². The van der Waals surface area contributed by atoms with E-state index < -0.39 is 0 Å². The molecule has 2 rings (SSSR count). The Kier molecular flexibility index (Phi) is 4.03. The van der Waals surface area contributed by atoms with Crippen molar-refractivity contribution in [1.29, 1.82) is 0 Å². The van der Waals surface area contributed by atoms with E-state index in [1.165, 1.54) is 16.7 Å². The molecule has 2 nitrogen and oxygen atoms in total. The molecule has 0 unspecified atom stereocenters. The van der Waals surface area contributed by atoms with Gasteiger partial charge in [0.1, 0.15) is 0 Å². The summed E-state index contributed by atoms with van der Waals surface area (Å²) in [7, 11) is 0. The predicted molar refractivity (Wildman–Crippen MR) is 88.3 cm³/mol. The molecule has 0 aromatic heterocycles. The molecule has 20 heavy (non-hydrogen) atoms. The number of rotatable bonds is 4. The van der Waals surface area contributed by atoms with Gasteiger partial charge in [-0.3, -0.25) is 0 Å². The van der Waals surface area contributed by atoms with Crippen LogP contribution in [0.5, 0.6) is 0 Å². The van der Waals surface area contributed by atoms with Crippen molar-refractivity contribution in [2.75, 3.05) is 17.6 Å². The third kappa shape index (κ3) is 3.32. The molecule has 0 saturated carbocycles. The Balaban J connectivity index is 2.12. The Hall–Kier alpha value is -1.96. The number of nitrogens with two attached hydrogens (primary N) is 1. The lowest BCUT2D eigenvalue weighted by atomic mass is 9.84. The van der Waals surface area contributed by atoms with E-state index in [4.69, 9.17) is 5.73 Å². The van der Waals surface area contributed by atoms with Crippen molar-refractivity contribution >= 4 is 11.4 Å². The van der Waals surface area contributed by atoms with Gasteiger partial charge in [0.25, 0.3) is 0 Å². The van der Waals surface area contributed by atoms with E-state index in [0.29, 0.717) is 0 Å². The molecule has 0 spiro atoms. The summed E-state index contributed by atoms with van der Waals surface area (Å²) in [5.74, 6) is 0. The number of anilines is 2. The molecule has 0 aliphatic heterocycles. The van der Waals surface area contributed by atoms with E-state index in [0.717, 1.165) is 17.9 Å². The van der Waals surface area contributed by atoms with Crippen molar-refractivity contribution in [3.63, 3.8) is 0 Å². The molecule has 0 saturated heterocycles. The highest BCUT2D eigenvalue weighted by Gasteiger charge is 2.20. The zero-order valence-corrected chi connectivity index (χ0v) is 12.8. The Morgan fingerprint density at radius 3 is 2.20 bits per heavy atom. The topological polar surface area (TPSA) is 38.0 Å². The number of benzene rings is 2. The first-order valence-electron chi connectivity index (χ1n) is 7.06. The van der Waals surface area contributed by atoms with Crippen molar-refractivity contribution < 1.29 is 0 Å². The van der Waals surface area contributed by atoms with Gasteiger partial charge in [0.15, 0.2) is 0 Å². The average molecular weight is 268 g/mol. The van der Waals surface area contributed by atoms with Crippen LogP contribution in [0, 0.1) is 13.8 Å². The minimum absolute atomic E-state index is 0.0594. The van der Waals surface area contributed by atoms with Crippen LogP contribution in [-0.4, -0.2) is 6.54 Å². The molecule has 0 aliphatic rings. The van der Waals surface area contributed by atoms with E-state index in [9.17, 15) is 0 Å². The van der Waals surface area contributed by atoms with Gasteiger partial charge in [-0.05, 0) is 37.1 Å². The van der Waals surface area contributed by atoms with Crippen LogP contribution in [0.25, 0.3) is 0 Å². The number of hydrogen-bond acceptors (Lipinski definition) is 2. The monoisotopic (exact) mass is 268 g/mol. The molecule has 0 atom stereocenters. The maximum atomic E-state index is 6.01. The van der Waals surface area contributed by atoms with Gasteiger partial charge in [-0.1, -0.05) is 49.7 Å². The smallest absolute Gasteiger partial charge is 0.0576 e. The van der Waals surface area contributed by atoms with E-state index in [-0.39, 0.29) is 5.41 Å². The lowest BCUT2D eigenvalue weighted by molar-refractivity contribution is 0.557. The predicted octanol–water partition coefficient (Wildman–Crippen LogP) is 4.28. The van der Waals surface area contributed by atoms with Gasteiger partial charge < -0.3 is 11.1 Å². The lowest BCUT2D eigenvalue weighted by Crippen LogP contribution is -2.27. The Bertz CT molecular complexity index is 583. The quantitative estimate of drug-likeness (QED) is 0.812. The number of hydrogen-bond donors (Lipinski definition) is 2. The van der Waals surface area contributed by atoms with Crippen LogP contribution in [-0.2, 0) is 5.41 Å². The Morgan fingerprint density at radius 2 is 1.55 bits per heavy atom. The first kappa shape index (κ1) is 14.4. The molecule has 2 aromatic carbocycles. The first-order valence-corrected chi connectivity index (χ1v) is 7.06. The third-order valence-corrected chi connectivity index (χ3v) is 3.76. The molecule has 2 aromatic rings. The largest absolute Gasteiger partial charge is 0.397 e. The van der Waals surface area contributed by atoms with Crippen molar-refractivity contribution in [3.8, 4) is 0 Å². The standard InChI is InChI=1S/C18H24N2/c1-13-5-8-15(9-6-13)18(3,4)12-20-17-11-14(2)7-10-16(17)19/h5-11,20H,12,19H2,1-4H3. The van der Waals surface area contributed by atoms with Crippen molar-refractivity contribution in [3.05, 3.63) is 59.2 Å². The van der Waals surface area contributed by atoms with Crippen LogP contribution in [0.15, 0.2) is 42.5 Å². The summed E-state index contributed by atoms with van der Waals surface area (Å²) < 4.78 is 0. The second-order valence-corrected chi connectivity index (χ2v) is 6.19. The summed E-state index contributed by atoms with van der Waals surface area (Å²) in [6, 6.07) is 14.8. The highest BCUT2D eigenvalue weighted by molar-refractivity contribution is 5.67. The highest BCUT2D eigenvalue weighted by Crippen LogP contribution is 2.26. The summed E-state index contributed by atoms with van der Waals surface area (Å²) in [6.07, 6.45) is 0. The highest BCUT2D eigenvalue weighted by atomic mass is 14.9.